The second-order valence-corrected chi connectivity index (χ2v) is 3.50. The van der Waals surface area contributed by atoms with Gasteiger partial charge in [-0.2, -0.15) is 0 Å². The van der Waals surface area contributed by atoms with Crippen LogP contribution in [0.15, 0.2) is 35.3 Å². The van der Waals surface area contributed by atoms with Crippen molar-refractivity contribution >= 4 is 6.02 Å². The van der Waals surface area contributed by atoms with E-state index in [1.807, 2.05) is 13.0 Å². The van der Waals surface area contributed by atoms with Gasteiger partial charge in [-0.1, -0.05) is 30.3 Å². The lowest BCUT2D eigenvalue weighted by atomic mass is 10.2. The molecule has 0 spiro atoms. The molecule has 1 heterocycles. The van der Waals surface area contributed by atoms with Crippen molar-refractivity contribution in [2.75, 3.05) is 19.7 Å². The highest BCUT2D eigenvalue weighted by molar-refractivity contribution is 5.75. The molecule has 0 bridgehead atoms. The van der Waals surface area contributed by atoms with Crippen LogP contribution in [0, 0.1) is 0 Å². The zero-order valence-electron chi connectivity index (χ0n) is 9.02. The topological polar surface area (TPSA) is 24.8 Å². The smallest absolute Gasteiger partial charge is 0.287 e. The second kappa shape index (κ2) is 4.82. The molecule has 0 amide bonds. The monoisotopic (exact) mass is 204 g/mol. The maximum Gasteiger partial charge on any atom is 0.287 e. The third-order valence-corrected chi connectivity index (χ3v) is 2.38. The SMILES string of the molecule is CCOC1=NCCN1Cc1ccccc1. The minimum absolute atomic E-state index is 0.685. The molecule has 0 radical (unpaired) electrons. The molecule has 0 saturated heterocycles. The molecule has 0 aromatic heterocycles. The maximum atomic E-state index is 5.46. The first kappa shape index (κ1) is 10.0. The van der Waals surface area contributed by atoms with E-state index in [9.17, 15) is 0 Å². The van der Waals surface area contributed by atoms with Gasteiger partial charge in [0.1, 0.15) is 0 Å². The molecule has 0 fully saturated rings. The van der Waals surface area contributed by atoms with Crippen molar-refractivity contribution in [1.29, 1.82) is 0 Å². The summed E-state index contributed by atoms with van der Waals surface area (Å²) >= 11 is 0. The van der Waals surface area contributed by atoms with Crippen LogP contribution in [0.5, 0.6) is 0 Å². The van der Waals surface area contributed by atoms with Crippen LogP contribution in [0.2, 0.25) is 0 Å². The Labute approximate surface area is 90.4 Å². The molecule has 0 aliphatic carbocycles. The van der Waals surface area contributed by atoms with Crippen LogP contribution in [0.25, 0.3) is 0 Å². The van der Waals surface area contributed by atoms with Gasteiger partial charge in [-0.3, -0.25) is 0 Å². The number of amidine groups is 1. The normalized spacial score (nSPS) is 15.3. The molecule has 3 nitrogen and oxygen atoms in total. The summed E-state index contributed by atoms with van der Waals surface area (Å²) in [6.45, 7) is 5.37. The largest absolute Gasteiger partial charge is 0.465 e. The van der Waals surface area contributed by atoms with Crippen molar-refractivity contribution in [2.45, 2.75) is 13.5 Å². The van der Waals surface area contributed by atoms with E-state index < -0.39 is 0 Å². The Bertz CT molecular complexity index is 335. The first-order valence-corrected chi connectivity index (χ1v) is 5.36. The Morgan fingerprint density at radius 2 is 2.13 bits per heavy atom. The number of aliphatic imine (C=N–C) groups is 1. The second-order valence-electron chi connectivity index (χ2n) is 3.50. The van der Waals surface area contributed by atoms with Gasteiger partial charge in [0, 0.05) is 13.1 Å². The van der Waals surface area contributed by atoms with Crippen molar-refractivity contribution in [1.82, 2.24) is 4.90 Å². The first-order valence-electron chi connectivity index (χ1n) is 5.36. The van der Waals surface area contributed by atoms with Gasteiger partial charge < -0.3 is 9.64 Å². The highest BCUT2D eigenvalue weighted by Gasteiger charge is 2.17. The number of ether oxygens (including phenoxy) is 1. The van der Waals surface area contributed by atoms with E-state index in [2.05, 4.69) is 34.2 Å². The van der Waals surface area contributed by atoms with E-state index in [1.54, 1.807) is 0 Å². The van der Waals surface area contributed by atoms with Crippen molar-refractivity contribution < 1.29 is 4.74 Å². The molecule has 1 aromatic carbocycles. The van der Waals surface area contributed by atoms with Crippen molar-refractivity contribution in [3.63, 3.8) is 0 Å². The summed E-state index contributed by atoms with van der Waals surface area (Å²) in [6, 6.07) is 11.2. The van der Waals surface area contributed by atoms with Crippen LogP contribution >= 0.6 is 0 Å². The molecule has 0 unspecified atom stereocenters. The fourth-order valence-electron chi connectivity index (χ4n) is 1.68. The minimum Gasteiger partial charge on any atom is -0.465 e. The van der Waals surface area contributed by atoms with Crippen molar-refractivity contribution in [2.24, 2.45) is 4.99 Å². The van der Waals surface area contributed by atoms with Crippen molar-refractivity contribution in [3.05, 3.63) is 35.9 Å². The summed E-state index contributed by atoms with van der Waals surface area (Å²) in [7, 11) is 0. The molecule has 0 N–H and O–H groups in total. The van der Waals surface area contributed by atoms with Crippen molar-refractivity contribution in [3.8, 4) is 0 Å². The highest BCUT2D eigenvalue weighted by atomic mass is 16.5. The van der Waals surface area contributed by atoms with E-state index in [4.69, 9.17) is 4.74 Å². The van der Waals surface area contributed by atoms with Gasteiger partial charge >= 0.3 is 0 Å². The molecule has 1 aliphatic rings. The number of rotatable bonds is 3. The molecule has 3 heteroatoms. The van der Waals surface area contributed by atoms with E-state index in [1.165, 1.54) is 5.56 Å². The molecule has 1 aliphatic heterocycles. The van der Waals surface area contributed by atoms with E-state index >= 15 is 0 Å². The third-order valence-electron chi connectivity index (χ3n) is 2.38. The molecular weight excluding hydrogens is 188 g/mol. The van der Waals surface area contributed by atoms with Crippen LogP contribution < -0.4 is 0 Å². The Morgan fingerprint density at radius 3 is 2.87 bits per heavy atom. The summed E-state index contributed by atoms with van der Waals surface area (Å²) in [4.78, 5) is 6.50. The highest BCUT2D eigenvalue weighted by Crippen LogP contribution is 2.09. The van der Waals surface area contributed by atoms with E-state index in [0.29, 0.717) is 6.61 Å². The number of nitrogens with zero attached hydrogens (tertiary/aromatic N) is 2. The first-order chi connectivity index (χ1) is 7.40. The van der Waals surface area contributed by atoms with Gasteiger partial charge in [0.15, 0.2) is 0 Å². The molecule has 15 heavy (non-hydrogen) atoms. The fourth-order valence-corrected chi connectivity index (χ4v) is 1.68. The Morgan fingerprint density at radius 1 is 1.33 bits per heavy atom. The average molecular weight is 204 g/mol. The fraction of sp³-hybridized carbons (Fsp3) is 0.417. The van der Waals surface area contributed by atoms with Crippen LogP contribution in [0.3, 0.4) is 0 Å². The average Bonchev–Trinajstić information content (AvgIpc) is 2.68. The molecule has 0 saturated carbocycles. The number of hydrogen-bond acceptors (Lipinski definition) is 3. The number of hydrogen-bond donors (Lipinski definition) is 0. The lowest BCUT2D eigenvalue weighted by Gasteiger charge is -2.19. The molecule has 1 aromatic rings. The Balaban J connectivity index is 1.98. The maximum absolute atomic E-state index is 5.46. The summed E-state index contributed by atoms with van der Waals surface area (Å²) < 4.78 is 5.46. The van der Waals surface area contributed by atoms with E-state index in [-0.39, 0.29) is 0 Å². The summed E-state index contributed by atoms with van der Waals surface area (Å²) in [6.07, 6.45) is 0. The summed E-state index contributed by atoms with van der Waals surface area (Å²) in [5.74, 6) is 0. The summed E-state index contributed by atoms with van der Waals surface area (Å²) in [5, 5.41) is 0. The summed E-state index contributed by atoms with van der Waals surface area (Å²) in [5.41, 5.74) is 1.30. The quantitative estimate of drug-likeness (QED) is 0.751. The molecule has 2 rings (SSSR count). The van der Waals surface area contributed by atoms with Gasteiger partial charge in [0.05, 0.1) is 13.2 Å². The molecular formula is C12H16N2O. The molecule has 80 valence electrons. The van der Waals surface area contributed by atoms with Gasteiger partial charge in [-0.15, -0.1) is 0 Å². The predicted molar refractivity (Wildman–Crippen MR) is 60.8 cm³/mol. The zero-order valence-corrected chi connectivity index (χ0v) is 9.02. The lowest BCUT2D eigenvalue weighted by molar-refractivity contribution is 0.256. The minimum atomic E-state index is 0.685. The van der Waals surface area contributed by atoms with Gasteiger partial charge in [0.2, 0.25) is 0 Å². The zero-order chi connectivity index (χ0) is 10.5. The van der Waals surface area contributed by atoms with Gasteiger partial charge in [-0.05, 0) is 12.5 Å². The number of benzene rings is 1. The lowest BCUT2D eigenvalue weighted by Crippen LogP contribution is -2.29. The van der Waals surface area contributed by atoms with Gasteiger partial charge in [0.25, 0.3) is 6.02 Å². The van der Waals surface area contributed by atoms with E-state index in [0.717, 1.165) is 25.7 Å². The van der Waals surface area contributed by atoms with Gasteiger partial charge in [-0.25, -0.2) is 4.99 Å². The van der Waals surface area contributed by atoms with Crippen LogP contribution in [-0.4, -0.2) is 30.6 Å². The van der Waals surface area contributed by atoms with Crippen LogP contribution in [0.4, 0.5) is 0 Å². The Kier molecular flexibility index (Phi) is 3.22. The molecule has 0 atom stereocenters. The van der Waals surface area contributed by atoms with Crippen LogP contribution in [0.1, 0.15) is 12.5 Å². The standard InChI is InChI=1S/C12H16N2O/c1-2-15-12-13-8-9-14(12)10-11-6-4-3-5-7-11/h3-7H,2,8-10H2,1H3. The van der Waals surface area contributed by atoms with Crippen LogP contribution in [-0.2, 0) is 11.3 Å². The Hall–Kier alpha value is -1.51. The third kappa shape index (κ3) is 2.49. The predicted octanol–water partition coefficient (Wildman–Crippen LogP) is 1.89.